The van der Waals surface area contributed by atoms with E-state index in [0.29, 0.717) is 11.6 Å². The van der Waals surface area contributed by atoms with Gasteiger partial charge in [-0.25, -0.2) is 0 Å². The summed E-state index contributed by atoms with van der Waals surface area (Å²) in [6, 6.07) is 10.1. The minimum Gasteiger partial charge on any atom is -0.472 e. The summed E-state index contributed by atoms with van der Waals surface area (Å²) < 4.78 is 5.03. The lowest BCUT2D eigenvalue weighted by Crippen LogP contribution is -2.31. The third-order valence-electron chi connectivity index (χ3n) is 3.84. The molecule has 1 aliphatic heterocycles. The van der Waals surface area contributed by atoms with E-state index < -0.39 is 0 Å². The molecule has 0 fully saturated rings. The first-order valence-corrected chi connectivity index (χ1v) is 6.91. The van der Waals surface area contributed by atoms with Crippen molar-refractivity contribution in [1.82, 2.24) is 5.32 Å². The first-order valence-electron chi connectivity index (χ1n) is 6.91. The summed E-state index contributed by atoms with van der Waals surface area (Å²) in [7, 11) is 1.97. The number of nitrogens with one attached hydrogen (secondary N) is 1. The lowest BCUT2D eigenvalue weighted by Gasteiger charge is -2.23. The maximum Gasteiger partial charge on any atom is 0.261 e. The van der Waals surface area contributed by atoms with Gasteiger partial charge in [-0.1, -0.05) is 18.2 Å². The van der Waals surface area contributed by atoms with Gasteiger partial charge in [0.1, 0.15) is 6.26 Å². The Bertz CT molecular complexity index is 592. The molecule has 1 unspecified atom stereocenters. The second kappa shape index (κ2) is 5.51. The highest BCUT2D eigenvalue weighted by atomic mass is 16.3. The molecule has 0 radical (unpaired) electrons. The van der Waals surface area contributed by atoms with Gasteiger partial charge in [-0.05, 0) is 37.6 Å². The molecule has 0 saturated heterocycles. The van der Waals surface area contributed by atoms with E-state index in [0.717, 1.165) is 25.1 Å². The lowest BCUT2D eigenvalue weighted by molar-refractivity contribution is 0.0986. The molecule has 0 bridgehead atoms. The van der Waals surface area contributed by atoms with Crippen molar-refractivity contribution in [2.24, 2.45) is 0 Å². The van der Waals surface area contributed by atoms with Crippen molar-refractivity contribution in [2.75, 3.05) is 18.5 Å². The van der Waals surface area contributed by atoms with Crippen LogP contribution in [0.2, 0.25) is 0 Å². The largest absolute Gasteiger partial charge is 0.472 e. The average Bonchev–Trinajstić information content (AvgIpc) is 2.95. The summed E-state index contributed by atoms with van der Waals surface area (Å²) >= 11 is 0. The van der Waals surface area contributed by atoms with Gasteiger partial charge in [-0.3, -0.25) is 4.79 Å². The zero-order chi connectivity index (χ0) is 13.9. The van der Waals surface area contributed by atoms with Crippen molar-refractivity contribution in [3.63, 3.8) is 0 Å². The van der Waals surface area contributed by atoms with Crippen LogP contribution in [-0.4, -0.2) is 19.5 Å². The molecule has 1 aliphatic rings. The normalized spacial score (nSPS) is 18.4. The van der Waals surface area contributed by atoms with Crippen molar-refractivity contribution in [3.8, 4) is 0 Å². The molecule has 0 spiro atoms. The van der Waals surface area contributed by atoms with Crippen LogP contribution in [0.3, 0.4) is 0 Å². The maximum absolute atomic E-state index is 12.6. The molecule has 1 atom stereocenters. The van der Waals surface area contributed by atoms with E-state index in [9.17, 15) is 4.79 Å². The van der Waals surface area contributed by atoms with E-state index in [1.807, 2.05) is 30.1 Å². The number of amides is 1. The van der Waals surface area contributed by atoms with Crippen LogP contribution in [0.4, 0.5) is 5.69 Å². The van der Waals surface area contributed by atoms with Crippen LogP contribution in [0.5, 0.6) is 0 Å². The summed E-state index contributed by atoms with van der Waals surface area (Å²) in [6.07, 6.45) is 5.05. The Hall–Kier alpha value is -2.07. The highest BCUT2D eigenvalue weighted by molar-refractivity contribution is 6.06. The predicted octanol–water partition coefficient (Wildman–Crippen LogP) is 2.98. The number of carbonyl (C=O) groups is 1. The van der Waals surface area contributed by atoms with Crippen molar-refractivity contribution >= 4 is 11.6 Å². The number of anilines is 1. The fourth-order valence-electron chi connectivity index (χ4n) is 2.81. The number of benzene rings is 1. The van der Waals surface area contributed by atoms with Gasteiger partial charge in [-0.2, -0.15) is 0 Å². The van der Waals surface area contributed by atoms with Crippen LogP contribution >= 0.6 is 0 Å². The summed E-state index contributed by atoms with van der Waals surface area (Å²) in [6.45, 7) is 0.735. The molecule has 1 aromatic heterocycles. The van der Waals surface area contributed by atoms with Gasteiger partial charge < -0.3 is 14.6 Å². The van der Waals surface area contributed by atoms with E-state index >= 15 is 0 Å². The average molecular weight is 270 g/mol. The van der Waals surface area contributed by atoms with Crippen LogP contribution in [0.1, 0.15) is 34.8 Å². The van der Waals surface area contributed by atoms with Crippen molar-refractivity contribution < 1.29 is 9.21 Å². The zero-order valence-corrected chi connectivity index (χ0v) is 11.5. The van der Waals surface area contributed by atoms with Crippen LogP contribution in [-0.2, 0) is 0 Å². The molecule has 20 heavy (non-hydrogen) atoms. The number of fused-ring (bicyclic) bond motifs is 1. The standard InChI is InChI=1S/C16H18N2O2/c1-17-14-6-4-9-18(15-7-3-2-5-13(14)15)16(19)12-8-10-20-11-12/h2-3,5,7-8,10-11,14,17H,4,6,9H2,1H3. The Balaban J connectivity index is 2.01. The number of carbonyl (C=O) groups excluding carboxylic acids is 1. The molecule has 3 rings (SSSR count). The molecule has 1 aromatic carbocycles. The number of furan rings is 1. The molecule has 0 aliphatic carbocycles. The Labute approximate surface area is 118 Å². The molecule has 104 valence electrons. The number of rotatable bonds is 2. The summed E-state index contributed by atoms with van der Waals surface area (Å²) in [5.74, 6) is 0.00273. The zero-order valence-electron chi connectivity index (χ0n) is 11.5. The fraction of sp³-hybridized carbons (Fsp3) is 0.312. The minimum absolute atomic E-state index is 0.00273. The Morgan fingerprint density at radius 1 is 1.35 bits per heavy atom. The summed E-state index contributed by atoms with van der Waals surface area (Å²) in [5, 5.41) is 3.34. The van der Waals surface area contributed by atoms with Gasteiger partial charge in [0.05, 0.1) is 11.8 Å². The summed E-state index contributed by atoms with van der Waals surface area (Å²) in [5.41, 5.74) is 2.78. The number of hydrogen-bond donors (Lipinski definition) is 1. The van der Waals surface area contributed by atoms with Crippen LogP contribution in [0.25, 0.3) is 0 Å². The second-order valence-electron chi connectivity index (χ2n) is 5.01. The topological polar surface area (TPSA) is 45.5 Å². The van der Waals surface area contributed by atoms with Crippen molar-refractivity contribution in [2.45, 2.75) is 18.9 Å². The SMILES string of the molecule is CNC1CCCN(C(=O)c2ccoc2)c2ccccc21. The van der Waals surface area contributed by atoms with Gasteiger partial charge in [0.25, 0.3) is 5.91 Å². The minimum atomic E-state index is 0.00273. The highest BCUT2D eigenvalue weighted by Crippen LogP contribution is 2.33. The van der Waals surface area contributed by atoms with Gasteiger partial charge in [-0.15, -0.1) is 0 Å². The third kappa shape index (κ3) is 2.23. The quantitative estimate of drug-likeness (QED) is 0.912. The van der Waals surface area contributed by atoms with E-state index in [1.54, 1.807) is 6.07 Å². The van der Waals surface area contributed by atoms with Gasteiger partial charge in [0.2, 0.25) is 0 Å². The molecular formula is C16H18N2O2. The molecule has 2 aromatic rings. The smallest absolute Gasteiger partial charge is 0.261 e. The van der Waals surface area contributed by atoms with E-state index in [4.69, 9.17) is 4.42 Å². The maximum atomic E-state index is 12.6. The Kier molecular flexibility index (Phi) is 3.56. The lowest BCUT2D eigenvalue weighted by atomic mass is 10.0. The first-order chi connectivity index (χ1) is 9.81. The first kappa shape index (κ1) is 12.9. The third-order valence-corrected chi connectivity index (χ3v) is 3.84. The molecule has 1 amide bonds. The van der Waals surface area contributed by atoms with Crippen molar-refractivity contribution in [1.29, 1.82) is 0 Å². The second-order valence-corrected chi connectivity index (χ2v) is 5.01. The van der Waals surface area contributed by atoms with Crippen molar-refractivity contribution in [3.05, 3.63) is 54.0 Å². The molecule has 4 nitrogen and oxygen atoms in total. The van der Waals surface area contributed by atoms with E-state index in [2.05, 4.69) is 11.4 Å². The number of para-hydroxylation sites is 1. The number of nitrogens with zero attached hydrogens (tertiary/aromatic N) is 1. The van der Waals surface area contributed by atoms with Crippen LogP contribution < -0.4 is 10.2 Å². The summed E-state index contributed by atoms with van der Waals surface area (Å²) in [4.78, 5) is 14.5. The molecular weight excluding hydrogens is 252 g/mol. The monoisotopic (exact) mass is 270 g/mol. The number of hydrogen-bond acceptors (Lipinski definition) is 3. The fourth-order valence-corrected chi connectivity index (χ4v) is 2.81. The molecule has 4 heteroatoms. The van der Waals surface area contributed by atoms with Gasteiger partial charge >= 0.3 is 0 Å². The van der Waals surface area contributed by atoms with Crippen LogP contribution in [0.15, 0.2) is 47.3 Å². The Morgan fingerprint density at radius 2 is 2.20 bits per heavy atom. The molecule has 0 saturated carbocycles. The van der Waals surface area contributed by atoms with Crippen LogP contribution in [0, 0.1) is 0 Å². The van der Waals surface area contributed by atoms with Gasteiger partial charge in [0, 0.05) is 18.3 Å². The van der Waals surface area contributed by atoms with E-state index in [1.165, 1.54) is 18.1 Å². The molecule has 2 heterocycles. The highest BCUT2D eigenvalue weighted by Gasteiger charge is 2.26. The Morgan fingerprint density at radius 3 is 2.95 bits per heavy atom. The van der Waals surface area contributed by atoms with E-state index in [-0.39, 0.29) is 5.91 Å². The van der Waals surface area contributed by atoms with Gasteiger partial charge in [0.15, 0.2) is 0 Å². The molecule has 1 N–H and O–H groups in total. The predicted molar refractivity (Wildman–Crippen MR) is 77.9 cm³/mol.